The van der Waals surface area contributed by atoms with E-state index >= 15 is 0 Å². The number of carbonyl (C=O) groups is 2. The van der Waals surface area contributed by atoms with Gasteiger partial charge in [-0.3, -0.25) is 4.79 Å². The van der Waals surface area contributed by atoms with Crippen molar-refractivity contribution in [2.45, 2.75) is 25.9 Å². The monoisotopic (exact) mass is 421 g/mol. The van der Waals surface area contributed by atoms with Gasteiger partial charge in [0.2, 0.25) is 5.91 Å². The van der Waals surface area contributed by atoms with Gasteiger partial charge in [-0.25, -0.2) is 14.8 Å². The second kappa shape index (κ2) is 10.0. The largest absolute Gasteiger partial charge is 0.462 e. The van der Waals surface area contributed by atoms with E-state index in [1.54, 1.807) is 31.2 Å². The van der Waals surface area contributed by atoms with Gasteiger partial charge in [-0.1, -0.05) is 41.6 Å². The number of hydrogen-bond acceptors (Lipinski definition) is 6. The van der Waals surface area contributed by atoms with Crippen LogP contribution < -0.4 is 5.32 Å². The Labute approximate surface area is 180 Å². The summed E-state index contributed by atoms with van der Waals surface area (Å²) >= 11 is 1.28. The number of amides is 1. The smallest absolute Gasteiger partial charge is 0.338 e. The van der Waals surface area contributed by atoms with Crippen molar-refractivity contribution in [2.24, 2.45) is 0 Å². The van der Waals surface area contributed by atoms with Crippen LogP contribution in [-0.2, 0) is 9.53 Å². The van der Waals surface area contributed by atoms with Crippen LogP contribution in [0.5, 0.6) is 0 Å². The molecule has 0 radical (unpaired) electrons. The predicted octanol–water partition coefficient (Wildman–Crippen LogP) is 4.67. The summed E-state index contributed by atoms with van der Waals surface area (Å²) < 4.78 is 4.95. The van der Waals surface area contributed by atoms with Crippen LogP contribution in [0.25, 0.3) is 11.3 Å². The van der Waals surface area contributed by atoms with E-state index in [4.69, 9.17) is 4.74 Å². The first-order chi connectivity index (χ1) is 14.4. The molecule has 0 aliphatic carbocycles. The molecule has 0 saturated heterocycles. The first-order valence-corrected chi connectivity index (χ1v) is 10.6. The average Bonchev–Trinajstić information content (AvgIpc) is 2.73. The van der Waals surface area contributed by atoms with E-state index in [1.807, 2.05) is 44.2 Å². The van der Waals surface area contributed by atoms with Gasteiger partial charge in [0.05, 0.1) is 23.6 Å². The second-order valence-corrected chi connectivity index (χ2v) is 7.62. The number of nitrogens with zero attached hydrogens (tertiary/aromatic N) is 2. The molecule has 2 aromatic carbocycles. The second-order valence-electron chi connectivity index (χ2n) is 6.68. The van der Waals surface area contributed by atoms with Gasteiger partial charge in [0.25, 0.3) is 0 Å². The zero-order chi connectivity index (χ0) is 21.5. The number of anilines is 1. The number of aryl methyl sites for hydroxylation is 2. The molecule has 1 aromatic heterocycles. The number of hydrogen-bond donors (Lipinski definition) is 1. The van der Waals surface area contributed by atoms with Crippen LogP contribution in [-0.4, -0.2) is 34.2 Å². The van der Waals surface area contributed by atoms with E-state index < -0.39 is 0 Å². The first-order valence-electron chi connectivity index (χ1n) is 9.57. The van der Waals surface area contributed by atoms with Gasteiger partial charge >= 0.3 is 5.97 Å². The van der Waals surface area contributed by atoms with E-state index in [2.05, 4.69) is 15.3 Å². The van der Waals surface area contributed by atoms with E-state index in [-0.39, 0.29) is 17.6 Å². The average molecular weight is 422 g/mol. The van der Waals surface area contributed by atoms with Crippen LogP contribution in [0.2, 0.25) is 0 Å². The minimum absolute atomic E-state index is 0.175. The number of carbonyl (C=O) groups excluding carboxylic acids is 2. The Morgan fingerprint density at radius 2 is 1.70 bits per heavy atom. The van der Waals surface area contributed by atoms with Crippen LogP contribution in [0, 0.1) is 13.8 Å². The van der Waals surface area contributed by atoms with Crippen molar-refractivity contribution in [2.75, 3.05) is 17.7 Å². The van der Waals surface area contributed by atoms with Gasteiger partial charge < -0.3 is 10.1 Å². The van der Waals surface area contributed by atoms with Crippen molar-refractivity contribution < 1.29 is 14.3 Å². The molecule has 7 heteroatoms. The van der Waals surface area contributed by atoms with Gasteiger partial charge in [-0.15, -0.1) is 0 Å². The Morgan fingerprint density at radius 3 is 2.37 bits per heavy atom. The van der Waals surface area contributed by atoms with Gasteiger partial charge in [-0.05, 0) is 51.1 Å². The molecule has 30 heavy (non-hydrogen) atoms. The fraction of sp³-hybridized carbons (Fsp3) is 0.217. The lowest BCUT2D eigenvalue weighted by atomic mass is 10.1. The molecule has 6 nitrogen and oxygen atoms in total. The third kappa shape index (κ3) is 5.90. The lowest BCUT2D eigenvalue weighted by Crippen LogP contribution is -2.14. The van der Waals surface area contributed by atoms with Crippen molar-refractivity contribution in [3.8, 4) is 11.3 Å². The number of esters is 1. The molecule has 0 saturated carbocycles. The minimum Gasteiger partial charge on any atom is -0.462 e. The number of ether oxygens (including phenoxy) is 1. The maximum atomic E-state index is 12.3. The molecule has 0 aliphatic rings. The Morgan fingerprint density at radius 1 is 1.00 bits per heavy atom. The summed E-state index contributed by atoms with van der Waals surface area (Å²) in [5, 5.41) is 3.36. The van der Waals surface area contributed by atoms with E-state index in [0.29, 0.717) is 23.0 Å². The molecule has 154 valence electrons. The van der Waals surface area contributed by atoms with Crippen LogP contribution >= 0.6 is 11.8 Å². The maximum absolute atomic E-state index is 12.3. The topological polar surface area (TPSA) is 81.2 Å². The summed E-state index contributed by atoms with van der Waals surface area (Å²) in [6, 6.07) is 16.7. The fourth-order valence-corrected chi connectivity index (χ4v) is 3.41. The summed E-state index contributed by atoms with van der Waals surface area (Å²) in [5.41, 5.74) is 4.93. The third-order valence-electron chi connectivity index (χ3n) is 4.19. The molecule has 0 fully saturated rings. The standard InChI is InChI=1S/C23H23N3O3S/c1-4-29-22(28)18-9-11-19(12-10-18)25-21(27)14-30-23-24-16(3)13-20(26-23)17-7-5-15(2)6-8-17/h5-13H,4,14H2,1-3H3,(H,25,27). The summed E-state index contributed by atoms with van der Waals surface area (Å²) in [6.07, 6.45) is 0. The third-order valence-corrected chi connectivity index (χ3v) is 5.04. The normalized spacial score (nSPS) is 10.5. The molecule has 0 atom stereocenters. The van der Waals surface area contributed by atoms with E-state index in [1.165, 1.54) is 17.3 Å². The lowest BCUT2D eigenvalue weighted by molar-refractivity contribution is -0.113. The molecule has 3 rings (SSSR count). The van der Waals surface area contributed by atoms with Crippen molar-refractivity contribution in [1.82, 2.24) is 9.97 Å². The molecular formula is C23H23N3O3S. The highest BCUT2D eigenvalue weighted by atomic mass is 32.2. The van der Waals surface area contributed by atoms with Gasteiger partial charge in [0.1, 0.15) is 0 Å². The Balaban J connectivity index is 1.60. The number of rotatable bonds is 7. The Hall–Kier alpha value is -3.19. The van der Waals surface area contributed by atoms with E-state index in [0.717, 1.165) is 17.0 Å². The Bertz CT molecular complexity index is 1030. The highest BCUT2D eigenvalue weighted by Gasteiger charge is 2.10. The summed E-state index contributed by atoms with van der Waals surface area (Å²) in [5.74, 6) is -0.381. The van der Waals surface area contributed by atoms with Crippen LogP contribution in [0.1, 0.15) is 28.5 Å². The Kier molecular flexibility index (Phi) is 7.19. The van der Waals surface area contributed by atoms with Gasteiger partial charge in [-0.2, -0.15) is 0 Å². The SMILES string of the molecule is CCOC(=O)c1ccc(NC(=O)CSc2nc(C)cc(-c3ccc(C)cc3)n2)cc1. The van der Waals surface area contributed by atoms with Crippen LogP contribution in [0.3, 0.4) is 0 Å². The maximum Gasteiger partial charge on any atom is 0.338 e. The molecule has 0 aliphatic heterocycles. The molecular weight excluding hydrogens is 398 g/mol. The predicted molar refractivity (Wildman–Crippen MR) is 119 cm³/mol. The molecule has 1 N–H and O–H groups in total. The number of aromatic nitrogens is 2. The number of thioether (sulfide) groups is 1. The molecule has 1 heterocycles. The van der Waals surface area contributed by atoms with Crippen molar-refractivity contribution in [3.05, 3.63) is 71.4 Å². The minimum atomic E-state index is -0.382. The van der Waals surface area contributed by atoms with Crippen molar-refractivity contribution in [1.29, 1.82) is 0 Å². The summed E-state index contributed by atoms with van der Waals surface area (Å²) in [4.78, 5) is 33.0. The molecule has 0 unspecified atom stereocenters. The molecule has 0 bridgehead atoms. The lowest BCUT2D eigenvalue weighted by Gasteiger charge is -2.08. The van der Waals surface area contributed by atoms with Crippen LogP contribution in [0.15, 0.2) is 59.8 Å². The quantitative estimate of drug-likeness (QED) is 0.339. The number of nitrogens with one attached hydrogen (secondary N) is 1. The first kappa shape index (κ1) is 21.5. The molecule has 3 aromatic rings. The zero-order valence-electron chi connectivity index (χ0n) is 17.1. The summed E-state index contributed by atoms with van der Waals surface area (Å²) in [7, 11) is 0. The van der Waals surface area contributed by atoms with Crippen molar-refractivity contribution >= 4 is 29.3 Å². The summed E-state index contributed by atoms with van der Waals surface area (Å²) in [6.45, 7) is 6.03. The highest BCUT2D eigenvalue weighted by molar-refractivity contribution is 7.99. The van der Waals surface area contributed by atoms with Gasteiger partial charge in [0.15, 0.2) is 5.16 Å². The van der Waals surface area contributed by atoms with Crippen molar-refractivity contribution in [3.63, 3.8) is 0 Å². The number of benzene rings is 2. The zero-order valence-corrected chi connectivity index (χ0v) is 18.0. The highest BCUT2D eigenvalue weighted by Crippen LogP contribution is 2.22. The molecule has 1 amide bonds. The van der Waals surface area contributed by atoms with Gasteiger partial charge in [0, 0.05) is 16.9 Å². The van der Waals surface area contributed by atoms with Crippen LogP contribution in [0.4, 0.5) is 5.69 Å². The fourth-order valence-electron chi connectivity index (χ4n) is 2.71. The molecule has 0 spiro atoms. The van der Waals surface area contributed by atoms with E-state index in [9.17, 15) is 9.59 Å².